The highest BCUT2D eigenvalue weighted by molar-refractivity contribution is 14.1. The van der Waals surface area contributed by atoms with Crippen LogP contribution in [0, 0.1) is 0 Å². The van der Waals surface area contributed by atoms with Crippen LogP contribution in [0.25, 0.3) is 0 Å². The Hall–Kier alpha value is 1.16. The number of rotatable bonds is 0. The van der Waals surface area contributed by atoms with E-state index < -0.39 is 8.07 Å². The number of allylic oxidation sites excluding steroid dienone is 2. The molecule has 0 amide bonds. The second-order valence-electron chi connectivity index (χ2n) is 4.06. The van der Waals surface area contributed by atoms with Gasteiger partial charge in [0.15, 0.2) is 0 Å². The van der Waals surface area contributed by atoms with E-state index in [2.05, 4.69) is 58.3 Å². The predicted octanol–water partition coefficient (Wildman–Crippen LogP) is 4.35. The van der Waals surface area contributed by atoms with Crippen molar-refractivity contribution in [2.24, 2.45) is 0 Å². The maximum atomic E-state index is 2.60. The van der Waals surface area contributed by atoms with Crippen molar-refractivity contribution in [1.82, 2.24) is 0 Å². The zero-order chi connectivity index (χ0) is 8.93. The van der Waals surface area contributed by atoms with Gasteiger partial charge in [0.1, 0.15) is 8.07 Å². The van der Waals surface area contributed by atoms with Gasteiger partial charge in [0.05, 0.1) is 0 Å². The maximum absolute atomic E-state index is 2.60. The van der Waals surface area contributed by atoms with Crippen LogP contribution in [0.4, 0.5) is 0 Å². The molecule has 0 aromatic carbocycles. The lowest BCUT2D eigenvalue weighted by molar-refractivity contribution is 0.931. The Bertz CT molecular complexity index is 272. The van der Waals surface area contributed by atoms with Crippen molar-refractivity contribution in [2.45, 2.75) is 32.4 Å². The van der Waals surface area contributed by atoms with E-state index in [1.165, 1.54) is 19.3 Å². The van der Waals surface area contributed by atoms with Crippen LogP contribution in [0.1, 0.15) is 19.3 Å². The van der Waals surface area contributed by atoms with E-state index >= 15 is 0 Å². The number of halogens is 2. The molecule has 0 nitrogen and oxygen atoms in total. The first kappa shape index (κ1) is 9.70. The third-order valence-corrected chi connectivity index (χ3v) is 15.0. The first-order chi connectivity index (χ1) is 5.55. The zero-order valence-corrected chi connectivity index (χ0v) is 12.7. The number of fused-ring (bicyclic) bond motifs is 1. The fraction of sp³-hybridized carbons (Fsp3) is 0.556. The minimum absolute atomic E-state index is 1.11. The molecule has 0 aromatic heterocycles. The van der Waals surface area contributed by atoms with Crippen molar-refractivity contribution < 1.29 is 0 Å². The van der Waals surface area contributed by atoms with Gasteiger partial charge in [-0.05, 0) is 36.8 Å². The molecule has 1 saturated carbocycles. The fourth-order valence-electron chi connectivity index (χ4n) is 2.08. The molecule has 0 atom stereocenters. The van der Waals surface area contributed by atoms with Crippen LogP contribution in [0.3, 0.4) is 0 Å². The van der Waals surface area contributed by atoms with E-state index in [-0.39, 0.29) is 0 Å². The number of hydrogen-bond acceptors (Lipinski definition) is 0. The summed E-state index contributed by atoms with van der Waals surface area (Å²) < 4.78 is 3.47. The molecule has 2 rings (SSSR count). The van der Waals surface area contributed by atoms with Gasteiger partial charge in [-0.15, -0.1) is 0 Å². The van der Waals surface area contributed by atoms with Gasteiger partial charge in [-0.1, -0.05) is 58.3 Å². The van der Waals surface area contributed by atoms with Crippen molar-refractivity contribution in [3.05, 3.63) is 17.6 Å². The van der Waals surface area contributed by atoms with Gasteiger partial charge in [-0.2, -0.15) is 0 Å². The molecule has 0 N–H and O–H groups in total. The van der Waals surface area contributed by atoms with Crippen LogP contribution in [-0.2, 0) is 0 Å². The van der Waals surface area contributed by atoms with Crippen LogP contribution < -0.4 is 0 Å². The molecule has 1 heterocycles. The highest BCUT2D eigenvalue weighted by atomic mass is 127. The van der Waals surface area contributed by atoms with E-state index in [1.807, 2.05) is 0 Å². The monoisotopic (exact) mass is 402 g/mol. The van der Waals surface area contributed by atoms with Gasteiger partial charge in [-0.3, -0.25) is 0 Å². The van der Waals surface area contributed by atoms with Crippen LogP contribution in [0.5, 0.6) is 0 Å². The van der Waals surface area contributed by atoms with Gasteiger partial charge < -0.3 is 0 Å². The van der Waals surface area contributed by atoms with Crippen LogP contribution in [0.15, 0.2) is 17.6 Å². The van der Waals surface area contributed by atoms with Crippen molar-refractivity contribution in [1.29, 1.82) is 0 Å². The average molecular weight is 402 g/mol. The largest absolute Gasteiger partial charge is 0.128 e. The maximum Gasteiger partial charge on any atom is 0.128 e. The summed E-state index contributed by atoms with van der Waals surface area (Å²) in [5.41, 5.74) is 3.47. The summed E-state index contributed by atoms with van der Waals surface area (Å²) in [6.07, 6.45) is 4.11. The third-order valence-electron chi connectivity index (χ3n) is 2.85. The first-order valence-corrected chi connectivity index (χ1v) is 9.49. The third kappa shape index (κ3) is 1.19. The molecule has 0 saturated heterocycles. The average Bonchev–Trinajstić information content (AvgIpc) is 2.53. The summed E-state index contributed by atoms with van der Waals surface area (Å²) in [6, 6.07) is 0. The molecule has 0 aromatic rings. The van der Waals surface area contributed by atoms with E-state index in [0.717, 1.165) is 0 Å². The molecule has 0 bridgehead atoms. The Morgan fingerprint density at radius 1 is 1.00 bits per heavy atom. The summed E-state index contributed by atoms with van der Waals surface area (Å²) in [5, 5.41) is 0. The molecule has 0 spiro atoms. The van der Waals surface area contributed by atoms with Gasteiger partial charge in [0.25, 0.3) is 0 Å². The normalized spacial score (nSPS) is 27.0. The van der Waals surface area contributed by atoms with Crippen molar-refractivity contribution in [3.8, 4) is 0 Å². The lowest BCUT2D eigenvalue weighted by Gasteiger charge is -2.17. The van der Waals surface area contributed by atoms with Gasteiger partial charge >= 0.3 is 0 Å². The van der Waals surface area contributed by atoms with Crippen LogP contribution >= 0.6 is 45.2 Å². The van der Waals surface area contributed by atoms with E-state index in [1.54, 1.807) is 17.6 Å². The lowest BCUT2D eigenvalue weighted by Crippen LogP contribution is -2.24. The molecule has 66 valence electrons. The molecule has 12 heavy (non-hydrogen) atoms. The molecule has 1 aliphatic carbocycles. The quantitative estimate of drug-likeness (QED) is 0.418. The van der Waals surface area contributed by atoms with Crippen molar-refractivity contribution in [2.75, 3.05) is 0 Å². The van der Waals surface area contributed by atoms with Gasteiger partial charge in [0.2, 0.25) is 0 Å². The molecule has 2 aliphatic rings. The Morgan fingerprint density at radius 3 is 1.83 bits per heavy atom. The van der Waals surface area contributed by atoms with E-state index in [9.17, 15) is 0 Å². The zero-order valence-electron chi connectivity index (χ0n) is 7.38. The Kier molecular flexibility index (Phi) is 2.49. The predicted molar refractivity (Wildman–Crippen MR) is 73.4 cm³/mol. The Labute approximate surface area is 102 Å². The number of hydrogen-bond donors (Lipinski definition) is 0. The summed E-state index contributed by atoms with van der Waals surface area (Å²) in [5.74, 6) is 0. The molecule has 0 radical (unpaired) electrons. The lowest BCUT2D eigenvalue weighted by atomic mass is 10.2. The van der Waals surface area contributed by atoms with Crippen LogP contribution in [0.2, 0.25) is 13.1 Å². The summed E-state index contributed by atoms with van der Waals surface area (Å²) in [6.45, 7) is 4.96. The Balaban J connectivity index is 2.57. The minimum Gasteiger partial charge on any atom is -0.0607 e. The first-order valence-electron chi connectivity index (χ1n) is 4.34. The second kappa shape index (κ2) is 3.08. The summed E-state index contributed by atoms with van der Waals surface area (Å²) in [4.78, 5) is 0. The topological polar surface area (TPSA) is 0 Å². The van der Waals surface area contributed by atoms with Crippen LogP contribution in [-0.4, -0.2) is 8.07 Å². The Morgan fingerprint density at radius 2 is 1.42 bits per heavy atom. The second-order valence-corrected chi connectivity index (χ2v) is 12.5. The minimum atomic E-state index is -1.11. The van der Waals surface area contributed by atoms with E-state index in [0.29, 0.717) is 0 Å². The molecule has 0 unspecified atom stereocenters. The standard InChI is InChI=1S/C9H12I2Si/c1-12(2)8(10)6-4-3-5-7(6)9(12)11/h3-5H2,1-2H3. The summed E-state index contributed by atoms with van der Waals surface area (Å²) >= 11 is 5.20. The molecular weight excluding hydrogens is 390 g/mol. The molecular formula is C9H12I2Si. The van der Waals surface area contributed by atoms with Crippen molar-refractivity contribution in [3.63, 3.8) is 0 Å². The van der Waals surface area contributed by atoms with Gasteiger partial charge in [0, 0.05) is 0 Å². The molecule has 1 aliphatic heterocycles. The van der Waals surface area contributed by atoms with E-state index in [4.69, 9.17) is 0 Å². The van der Waals surface area contributed by atoms with Gasteiger partial charge in [-0.25, -0.2) is 0 Å². The molecule has 3 heteroatoms. The smallest absolute Gasteiger partial charge is 0.0607 e. The SMILES string of the molecule is C[Si]1(C)C(I)=C2CCCC2=C1I. The summed E-state index contributed by atoms with van der Waals surface area (Å²) in [7, 11) is -1.11. The highest BCUT2D eigenvalue weighted by Gasteiger charge is 2.40. The molecule has 1 fully saturated rings. The fourth-order valence-corrected chi connectivity index (χ4v) is 8.69. The van der Waals surface area contributed by atoms with Crippen molar-refractivity contribution >= 4 is 53.3 Å². The highest BCUT2D eigenvalue weighted by Crippen LogP contribution is 2.51.